The van der Waals surface area contributed by atoms with Gasteiger partial charge in [-0.1, -0.05) is 13.3 Å². The largest absolute Gasteiger partial charge is 0.478 e. The van der Waals surface area contributed by atoms with Crippen LogP contribution in [0.1, 0.15) is 40.0 Å². The van der Waals surface area contributed by atoms with E-state index < -0.39 is 17.9 Å². The minimum Gasteiger partial charge on any atom is -0.478 e. The first-order valence-corrected chi connectivity index (χ1v) is 6.87. The average molecular weight is 282 g/mol. The van der Waals surface area contributed by atoms with Crippen LogP contribution in [-0.2, 0) is 9.59 Å². The number of urea groups is 1. The average Bonchev–Trinajstić information content (AvgIpc) is 2.45. The maximum Gasteiger partial charge on any atom is 0.331 e. The van der Waals surface area contributed by atoms with Crippen LogP contribution in [0.5, 0.6) is 0 Å². The molecule has 1 saturated heterocycles. The molecule has 6 heteroatoms. The molecule has 0 aromatic heterocycles. The lowest BCUT2D eigenvalue weighted by molar-refractivity contribution is -0.133. The molecule has 1 aliphatic heterocycles. The van der Waals surface area contributed by atoms with Crippen molar-refractivity contribution >= 4 is 17.9 Å². The molecule has 20 heavy (non-hydrogen) atoms. The van der Waals surface area contributed by atoms with Crippen LogP contribution in [0.25, 0.3) is 0 Å². The van der Waals surface area contributed by atoms with E-state index in [1.807, 2.05) is 0 Å². The summed E-state index contributed by atoms with van der Waals surface area (Å²) in [5.74, 6) is -1.16. The smallest absolute Gasteiger partial charge is 0.331 e. The first-order chi connectivity index (χ1) is 9.36. The van der Waals surface area contributed by atoms with E-state index in [2.05, 4.69) is 12.2 Å². The van der Waals surface area contributed by atoms with Crippen molar-refractivity contribution in [3.63, 3.8) is 0 Å². The Morgan fingerprint density at radius 1 is 1.15 bits per heavy atom. The Morgan fingerprint density at radius 3 is 2.15 bits per heavy atom. The molecule has 1 fully saturated rings. The number of aliphatic carboxylic acids is 1. The lowest BCUT2D eigenvalue weighted by atomic mass is 9.95. The topological polar surface area (TPSA) is 86.7 Å². The number of rotatable bonds is 3. The van der Waals surface area contributed by atoms with Gasteiger partial charge in [0, 0.05) is 24.2 Å². The van der Waals surface area contributed by atoms with Crippen molar-refractivity contribution in [2.24, 2.45) is 5.92 Å². The third-order valence-electron chi connectivity index (χ3n) is 3.92. The van der Waals surface area contributed by atoms with Crippen molar-refractivity contribution < 1.29 is 19.5 Å². The molecule has 1 heterocycles. The number of piperidine rings is 1. The Kier molecular flexibility index (Phi) is 5.73. The Labute approximate surface area is 118 Å². The van der Waals surface area contributed by atoms with E-state index in [0.717, 1.165) is 19.3 Å². The highest BCUT2D eigenvalue weighted by Gasteiger charge is 2.23. The Morgan fingerprint density at radius 2 is 1.70 bits per heavy atom. The number of likely N-dealkylation sites (tertiary alicyclic amines) is 1. The quantitative estimate of drug-likeness (QED) is 0.772. The van der Waals surface area contributed by atoms with Crippen LogP contribution in [0.4, 0.5) is 4.79 Å². The van der Waals surface area contributed by atoms with Gasteiger partial charge in [-0.2, -0.15) is 0 Å². The zero-order valence-electron chi connectivity index (χ0n) is 12.2. The van der Waals surface area contributed by atoms with E-state index in [4.69, 9.17) is 5.11 Å². The van der Waals surface area contributed by atoms with Gasteiger partial charge in [-0.05, 0) is 32.6 Å². The monoisotopic (exact) mass is 282 g/mol. The number of hydrogen-bond acceptors (Lipinski definition) is 3. The lowest BCUT2D eigenvalue weighted by Crippen LogP contribution is -2.46. The van der Waals surface area contributed by atoms with Gasteiger partial charge in [0.1, 0.15) is 0 Å². The minimum atomic E-state index is -1.16. The highest BCUT2D eigenvalue weighted by atomic mass is 16.4. The van der Waals surface area contributed by atoms with Crippen molar-refractivity contribution in [1.29, 1.82) is 0 Å². The summed E-state index contributed by atoms with van der Waals surface area (Å²) in [4.78, 5) is 36.1. The standard InChI is InChI=1S/C14H22N2O4/c1-4-11-5-7-16(8-6-11)14(20)15-12(17)9(2)10(3)13(18)19/h11H,4-8H2,1-3H3,(H,18,19)(H,15,17,20). The van der Waals surface area contributed by atoms with Crippen LogP contribution in [0, 0.1) is 5.92 Å². The van der Waals surface area contributed by atoms with Gasteiger partial charge in [0.15, 0.2) is 0 Å². The van der Waals surface area contributed by atoms with E-state index in [1.165, 1.54) is 13.8 Å². The molecule has 0 atom stereocenters. The molecule has 6 nitrogen and oxygen atoms in total. The maximum absolute atomic E-state index is 11.9. The van der Waals surface area contributed by atoms with E-state index >= 15 is 0 Å². The zero-order valence-corrected chi connectivity index (χ0v) is 12.2. The molecule has 0 aromatic carbocycles. The molecule has 0 aromatic rings. The van der Waals surface area contributed by atoms with Gasteiger partial charge in [0.25, 0.3) is 5.91 Å². The predicted octanol–water partition coefficient (Wildman–Crippen LogP) is 1.77. The van der Waals surface area contributed by atoms with Crippen molar-refractivity contribution in [3.8, 4) is 0 Å². The molecule has 0 aliphatic carbocycles. The molecule has 0 spiro atoms. The van der Waals surface area contributed by atoms with E-state index in [0.29, 0.717) is 19.0 Å². The number of hydrogen-bond donors (Lipinski definition) is 2. The Bertz CT molecular complexity index is 434. The van der Waals surface area contributed by atoms with Crippen LogP contribution in [0.15, 0.2) is 11.1 Å². The van der Waals surface area contributed by atoms with E-state index in [1.54, 1.807) is 4.90 Å². The van der Waals surface area contributed by atoms with Crippen LogP contribution >= 0.6 is 0 Å². The number of nitrogens with zero attached hydrogens (tertiary/aromatic N) is 1. The van der Waals surface area contributed by atoms with E-state index in [9.17, 15) is 14.4 Å². The first kappa shape index (κ1) is 16.2. The predicted molar refractivity (Wildman–Crippen MR) is 74.1 cm³/mol. The number of amides is 3. The van der Waals surface area contributed by atoms with Gasteiger partial charge in [-0.25, -0.2) is 9.59 Å². The third-order valence-corrected chi connectivity index (χ3v) is 3.92. The fourth-order valence-electron chi connectivity index (χ4n) is 2.14. The van der Waals surface area contributed by atoms with Gasteiger partial charge in [-0.3, -0.25) is 10.1 Å². The van der Waals surface area contributed by atoms with Gasteiger partial charge in [0.2, 0.25) is 0 Å². The number of nitrogens with one attached hydrogen (secondary N) is 1. The summed E-state index contributed by atoms with van der Waals surface area (Å²) in [6.07, 6.45) is 3.00. The summed E-state index contributed by atoms with van der Waals surface area (Å²) in [5.41, 5.74) is -0.00529. The normalized spacial score (nSPS) is 17.4. The van der Waals surface area contributed by atoms with Crippen LogP contribution in [0.3, 0.4) is 0 Å². The van der Waals surface area contributed by atoms with Gasteiger partial charge in [0.05, 0.1) is 0 Å². The molecule has 2 N–H and O–H groups in total. The number of carbonyl (C=O) groups excluding carboxylic acids is 2. The van der Waals surface area contributed by atoms with Crippen molar-refractivity contribution in [2.75, 3.05) is 13.1 Å². The lowest BCUT2D eigenvalue weighted by Gasteiger charge is -2.31. The summed E-state index contributed by atoms with van der Waals surface area (Å²) in [6, 6.07) is -0.443. The summed E-state index contributed by atoms with van der Waals surface area (Å²) in [7, 11) is 0. The Balaban J connectivity index is 2.57. The van der Waals surface area contributed by atoms with Crippen molar-refractivity contribution in [3.05, 3.63) is 11.1 Å². The highest BCUT2D eigenvalue weighted by Crippen LogP contribution is 2.19. The molecule has 0 saturated carbocycles. The fourth-order valence-corrected chi connectivity index (χ4v) is 2.14. The summed E-state index contributed by atoms with van der Waals surface area (Å²) in [6.45, 7) is 6.15. The Hall–Kier alpha value is -1.85. The molecular weight excluding hydrogens is 260 g/mol. The molecule has 0 radical (unpaired) electrons. The summed E-state index contributed by atoms with van der Waals surface area (Å²) < 4.78 is 0. The zero-order chi connectivity index (χ0) is 15.3. The minimum absolute atomic E-state index is 0.0503. The first-order valence-electron chi connectivity index (χ1n) is 6.87. The molecular formula is C14H22N2O4. The second-order valence-electron chi connectivity index (χ2n) is 5.15. The summed E-state index contributed by atoms with van der Waals surface area (Å²) in [5, 5.41) is 11.1. The third kappa shape index (κ3) is 4.08. The van der Waals surface area contributed by atoms with Crippen LogP contribution < -0.4 is 5.32 Å². The number of carboxylic acid groups (broad SMARTS) is 1. The maximum atomic E-state index is 11.9. The van der Waals surface area contributed by atoms with Crippen LogP contribution in [0.2, 0.25) is 0 Å². The van der Waals surface area contributed by atoms with Gasteiger partial charge < -0.3 is 10.0 Å². The molecule has 1 aliphatic rings. The van der Waals surface area contributed by atoms with Gasteiger partial charge in [-0.15, -0.1) is 0 Å². The highest BCUT2D eigenvalue weighted by molar-refractivity contribution is 6.07. The van der Waals surface area contributed by atoms with Crippen molar-refractivity contribution in [1.82, 2.24) is 10.2 Å². The fraction of sp³-hybridized carbons (Fsp3) is 0.643. The van der Waals surface area contributed by atoms with Crippen LogP contribution in [-0.4, -0.2) is 41.0 Å². The number of carboxylic acids is 1. The van der Waals surface area contributed by atoms with Crippen molar-refractivity contribution in [2.45, 2.75) is 40.0 Å². The second kappa shape index (κ2) is 7.07. The summed E-state index contributed by atoms with van der Waals surface area (Å²) >= 11 is 0. The number of imide groups is 1. The molecule has 1 rings (SSSR count). The molecule has 0 bridgehead atoms. The SMILES string of the molecule is CCC1CCN(C(=O)NC(=O)C(C)=C(C)C(=O)O)CC1. The molecule has 112 valence electrons. The second-order valence-corrected chi connectivity index (χ2v) is 5.15. The van der Waals surface area contributed by atoms with E-state index in [-0.39, 0.29) is 11.1 Å². The molecule has 0 unspecified atom stereocenters. The number of carbonyl (C=O) groups is 3. The van der Waals surface area contributed by atoms with Gasteiger partial charge >= 0.3 is 12.0 Å². The molecule has 3 amide bonds.